The lowest BCUT2D eigenvalue weighted by atomic mass is 10.1. The number of aliphatic hydroxyl groups excluding tert-OH is 1. The number of aromatic nitrogens is 2. The lowest BCUT2D eigenvalue weighted by Crippen LogP contribution is -2.49. The van der Waals surface area contributed by atoms with Crippen LogP contribution in [0.3, 0.4) is 0 Å². The number of ether oxygens (including phenoxy) is 2. The van der Waals surface area contributed by atoms with Crippen LogP contribution < -0.4 is 15.4 Å². The number of nitrogens with one attached hydrogen (secondary N) is 2. The molecule has 0 unspecified atom stereocenters. The number of nitrogens with zero attached hydrogens (tertiary/aromatic N) is 4. The second kappa shape index (κ2) is 13.2. The van der Waals surface area contributed by atoms with E-state index in [-0.39, 0.29) is 75.9 Å². The molecule has 1 saturated carbocycles. The van der Waals surface area contributed by atoms with E-state index >= 15 is 0 Å². The Morgan fingerprint density at radius 1 is 1.02 bits per heavy atom. The Balaban J connectivity index is 1.04. The summed E-state index contributed by atoms with van der Waals surface area (Å²) in [7, 11) is 2.71. The first-order valence-electron chi connectivity index (χ1n) is 16.0. The number of aliphatic hydroxyl groups is 1. The standard InChI is InChI=1S/C34H37ClF2N6O7/c1-34(2,3)50-33(48)43-13-17(44)11-23(43)32(47)42-14-20-21(15-42)28(20)40-30(45)18-7-6-16(10-22(18)35)39-31(46)29-38-12-24(41(29)4)19-8-9-25(49-5)27(37)26(19)36/h6-10,12,17,20-21,23,28,44H,11,13-15H2,1-5H3,(H,39,46)(H,40,45)/t17-,20-,21+,23+,28+/m1/s1. The van der Waals surface area contributed by atoms with Gasteiger partial charge in [0.05, 0.1) is 42.2 Å². The highest BCUT2D eigenvalue weighted by molar-refractivity contribution is 6.34. The van der Waals surface area contributed by atoms with Crippen molar-refractivity contribution < 1.29 is 42.5 Å². The van der Waals surface area contributed by atoms with E-state index in [0.29, 0.717) is 13.1 Å². The number of carbonyl (C=O) groups is 4. The summed E-state index contributed by atoms with van der Waals surface area (Å²) >= 11 is 6.44. The van der Waals surface area contributed by atoms with Crippen LogP contribution in [0.4, 0.5) is 19.3 Å². The average Bonchev–Trinajstić information content (AvgIpc) is 3.43. The second-order valence-corrected chi connectivity index (χ2v) is 14.1. The van der Waals surface area contributed by atoms with Gasteiger partial charge in [-0.25, -0.2) is 14.2 Å². The van der Waals surface area contributed by atoms with Crippen LogP contribution >= 0.6 is 11.6 Å². The molecule has 6 rings (SSSR count). The number of methoxy groups -OCH3 is 1. The number of fused-ring (bicyclic) bond motifs is 1. The van der Waals surface area contributed by atoms with Crippen molar-refractivity contribution in [3.63, 3.8) is 0 Å². The summed E-state index contributed by atoms with van der Waals surface area (Å²) in [5, 5.41) is 15.9. The number of imidazole rings is 1. The molecule has 3 fully saturated rings. The van der Waals surface area contributed by atoms with Crippen LogP contribution in [0.25, 0.3) is 11.3 Å². The summed E-state index contributed by atoms with van der Waals surface area (Å²) in [4.78, 5) is 59.3. The van der Waals surface area contributed by atoms with E-state index in [1.807, 2.05) is 0 Å². The van der Waals surface area contributed by atoms with Gasteiger partial charge in [-0.2, -0.15) is 4.39 Å². The molecule has 4 amide bonds. The molecule has 2 aromatic carbocycles. The van der Waals surface area contributed by atoms with Crippen molar-refractivity contribution in [2.45, 2.75) is 51.0 Å². The molecule has 16 heteroatoms. The van der Waals surface area contributed by atoms with Crippen molar-refractivity contribution in [3.05, 3.63) is 64.6 Å². The summed E-state index contributed by atoms with van der Waals surface area (Å²) in [6.07, 6.45) is -0.0858. The van der Waals surface area contributed by atoms with Gasteiger partial charge in [0.15, 0.2) is 17.4 Å². The molecular weight excluding hydrogens is 678 g/mol. The number of anilines is 1. The summed E-state index contributed by atoms with van der Waals surface area (Å²) in [6, 6.07) is 6.00. The summed E-state index contributed by atoms with van der Waals surface area (Å²) < 4.78 is 40.5. The van der Waals surface area contributed by atoms with Crippen LogP contribution in [-0.4, -0.2) is 98.8 Å². The van der Waals surface area contributed by atoms with Crippen LogP contribution in [0.15, 0.2) is 36.5 Å². The molecule has 1 aromatic heterocycles. The van der Waals surface area contributed by atoms with E-state index in [1.165, 1.54) is 60.2 Å². The van der Waals surface area contributed by atoms with Gasteiger partial charge in [0, 0.05) is 55.7 Å². The average molecular weight is 715 g/mol. The van der Waals surface area contributed by atoms with Crippen molar-refractivity contribution in [1.29, 1.82) is 0 Å². The molecule has 3 N–H and O–H groups in total. The Bertz CT molecular complexity index is 1870. The molecule has 2 aliphatic heterocycles. The Labute approximate surface area is 291 Å². The molecule has 50 heavy (non-hydrogen) atoms. The van der Waals surface area contributed by atoms with E-state index in [0.717, 1.165) is 0 Å². The molecular formula is C34H37ClF2N6O7. The summed E-state index contributed by atoms with van der Waals surface area (Å²) in [5.41, 5.74) is -0.222. The summed E-state index contributed by atoms with van der Waals surface area (Å²) in [6.45, 7) is 6.02. The van der Waals surface area contributed by atoms with Crippen molar-refractivity contribution in [2.75, 3.05) is 32.1 Å². The monoisotopic (exact) mass is 714 g/mol. The fourth-order valence-corrected chi connectivity index (χ4v) is 6.92. The molecule has 3 aromatic rings. The van der Waals surface area contributed by atoms with Crippen LogP contribution in [0.2, 0.25) is 5.02 Å². The number of benzene rings is 2. The van der Waals surface area contributed by atoms with Gasteiger partial charge in [-0.3, -0.25) is 19.3 Å². The molecule has 3 heterocycles. The fraction of sp³-hybridized carbons (Fsp3) is 0.441. The molecule has 1 aliphatic carbocycles. The molecule has 0 bridgehead atoms. The van der Waals surface area contributed by atoms with Crippen LogP contribution in [0, 0.1) is 23.5 Å². The van der Waals surface area contributed by atoms with Crippen molar-refractivity contribution in [1.82, 2.24) is 24.7 Å². The Hall–Kier alpha value is -4.76. The summed E-state index contributed by atoms with van der Waals surface area (Å²) in [5.74, 6) is -3.88. The highest BCUT2D eigenvalue weighted by atomic mass is 35.5. The van der Waals surface area contributed by atoms with Gasteiger partial charge in [-0.15, -0.1) is 0 Å². The number of hydrogen-bond donors (Lipinski definition) is 3. The highest BCUT2D eigenvalue weighted by Gasteiger charge is 2.58. The minimum Gasteiger partial charge on any atom is -0.494 e. The third-order valence-corrected chi connectivity index (χ3v) is 9.51. The minimum atomic E-state index is -1.16. The predicted molar refractivity (Wildman–Crippen MR) is 177 cm³/mol. The van der Waals surface area contributed by atoms with Crippen LogP contribution in [-0.2, 0) is 16.6 Å². The minimum absolute atomic E-state index is 0.0198. The SMILES string of the molecule is COc1ccc(-c2cnc(C(=O)Nc3ccc(C(=O)N[C@H]4[C@@H]5CN(C(=O)[C@@H]6C[C@@H](O)CN6C(=O)OC(C)(C)C)C[C@@H]54)c(Cl)c3)n2C)c(F)c1F. The van der Waals surface area contributed by atoms with Gasteiger partial charge >= 0.3 is 6.09 Å². The van der Waals surface area contributed by atoms with Crippen LogP contribution in [0.1, 0.15) is 48.2 Å². The Morgan fingerprint density at radius 2 is 1.72 bits per heavy atom. The number of β-amino-alcohol motifs (C(OH)–C–C–N with tert-alkyl or cyclic N) is 1. The van der Waals surface area contributed by atoms with Gasteiger partial charge in [0.25, 0.3) is 11.8 Å². The molecule has 2 saturated heterocycles. The fourth-order valence-electron chi connectivity index (χ4n) is 6.65. The maximum atomic E-state index is 14.7. The van der Waals surface area contributed by atoms with Gasteiger partial charge in [0.1, 0.15) is 11.6 Å². The molecule has 0 radical (unpaired) electrons. The molecule has 266 valence electrons. The zero-order chi connectivity index (χ0) is 36.2. The number of piperidine rings is 1. The molecule has 5 atom stereocenters. The zero-order valence-corrected chi connectivity index (χ0v) is 28.8. The number of likely N-dealkylation sites (tertiary alicyclic amines) is 2. The van der Waals surface area contributed by atoms with Gasteiger partial charge < -0.3 is 34.7 Å². The van der Waals surface area contributed by atoms with E-state index in [9.17, 15) is 33.1 Å². The number of carbonyl (C=O) groups excluding carboxylic acids is 4. The van der Waals surface area contributed by atoms with Crippen LogP contribution in [0.5, 0.6) is 5.75 Å². The largest absolute Gasteiger partial charge is 0.494 e. The first kappa shape index (κ1) is 35.1. The first-order valence-corrected chi connectivity index (χ1v) is 16.4. The Kier molecular flexibility index (Phi) is 9.24. The molecule has 13 nitrogen and oxygen atoms in total. The number of amides is 4. The third kappa shape index (κ3) is 6.71. The number of hydrogen-bond acceptors (Lipinski definition) is 8. The maximum Gasteiger partial charge on any atom is 0.411 e. The van der Waals surface area contributed by atoms with Gasteiger partial charge in [-0.05, 0) is 51.1 Å². The smallest absolute Gasteiger partial charge is 0.411 e. The number of rotatable bonds is 7. The quantitative estimate of drug-likeness (QED) is 0.334. The molecule has 0 spiro atoms. The molecule has 3 aliphatic rings. The maximum absolute atomic E-state index is 14.7. The van der Waals surface area contributed by atoms with E-state index < -0.39 is 47.3 Å². The van der Waals surface area contributed by atoms with Crippen molar-refractivity contribution in [3.8, 4) is 17.0 Å². The van der Waals surface area contributed by atoms with Crippen molar-refractivity contribution >= 4 is 41.1 Å². The van der Waals surface area contributed by atoms with E-state index in [4.69, 9.17) is 21.1 Å². The topological polar surface area (TPSA) is 155 Å². The number of halogens is 3. The van der Waals surface area contributed by atoms with E-state index in [2.05, 4.69) is 15.6 Å². The Morgan fingerprint density at radius 3 is 2.36 bits per heavy atom. The second-order valence-electron chi connectivity index (χ2n) is 13.7. The van der Waals surface area contributed by atoms with Crippen molar-refractivity contribution in [2.24, 2.45) is 18.9 Å². The normalized spacial score (nSPS) is 22.6. The zero-order valence-electron chi connectivity index (χ0n) is 28.0. The lowest BCUT2D eigenvalue weighted by molar-refractivity contribution is -0.135. The van der Waals surface area contributed by atoms with E-state index in [1.54, 1.807) is 25.7 Å². The third-order valence-electron chi connectivity index (χ3n) is 9.20. The first-order chi connectivity index (χ1) is 23.6. The van der Waals surface area contributed by atoms with Gasteiger partial charge in [0.2, 0.25) is 11.7 Å². The predicted octanol–water partition coefficient (Wildman–Crippen LogP) is 3.84. The van der Waals surface area contributed by atoms with Gasteiger partial charge in [-0.1, -0.05) is 11.6 Å². The highest BCUT2D eigenvalue weighted by Crippen LogP contribution is 2.46. The lowest BCUT2D eigenvalue weighted by Gasteiger charge is -2.30.